The molecule has 2 N–H and O–H groups in total. The first kappa shape index (κ1) is 14.7. The molecule has 110 valence electrons. The number of carbonyl (C=O) groups is 1. The van der Waals surface area contributed by atoms with Crippen molar-refractivity contribution in [1.82, 2.24) is 25.7 Å². The monoisotopic (exact) mass is 278 g/mol. The van der Waals surface area contributed by atoms with E-state index in [-0.39, 0.29) is 5.91 Å². The first-order chi connectivity index (χ1) is 9.70. The normalized spacial score (nSPS) is 15.9. The summed E-state index contributed by atoms with van der Waals surface area (Å²) in [5, 5.41) is 13.9. The fraction of sp³-hybridized carbons (Fsp3) is 0.615. The van der Waals surface area contributed by atoms with Gasteiger partial charge in [0, 0.05) is 53.4 Å². The number of nitrogens with zero attached hydrogens (tertiary/aromatic N) is 4. The zero-order valence-electron chi connectivity index (χ0n) is 12.1. The van der Waals surface area contributed by atoms with Gasteiger partial charge in [-0.3, -0.25) is 9.69 Å². The van der Waals surface area contributed by atoms with Gasteiger partial charge < -0.3 is 15.5 Å². The summed E-state index contributed by atoms with van der Waals surface area (Å²) in [5.41, 5.74) is 0.340. The van der Waals surface area contributed by atoms with Crippen LogP contribution in [0.4, 0.5) is 5.82 Å². The number of carbonyl (C=O) groups excluding carboxylic acids is 1. The van der Waals surface area contributed by atoms with E-state index in [1.807, 2.05) is 13.1 Å². The standard InChI is InChI=1S/C13H22N6O/c1-14-13(20)11-3-4-12(17-16-11)18(2)9-10-19-7-5-15-6-8-19/h3-4,15H,5-10H2,1-2H3,(H,14,20). The number of aromatic nitrogens is 2. The molecule has 1 aromatic heterocycles. The van der Waals surface area contributed by atoms with Crippen molar-refractivity contribution in [2.45, 2.75) is 0 Å². The molecule has 0 aliphatic carbocycles. The first-order valence-electron chi connectivity index (χ1n) is 6.90. The van der Waals surface area contributed by atoms with E-state index in [2.05, 4.69) is 30.6 Å². The average Bonchev–Trinajstić information content (AvgIpc) is 2.53. The molecule has 0 spiro atoms. The van der Waals surface area contributed by atoms with E-state index in [1.165, 1.54) is 0 Å². The van der Waals surface area contributed by atoms with Gasteiger partial charge >= 0.3 is 0 Å². The van der Waals surface area contributed by atoms with Crippen LogP contribution in [-0.4, -0.2) is 74.4 Å². The van der Waals surface area contributed by atoms with Crippen molar-refractivity contribution < 1.29 is 4.79 Å². The van der Waals surface area contributed by atoms with E-state index in [4.69, 9.17) is 0 Å². The fourth-order valence-electron chi connectivity index (χ4n) is 2.12. The average molecular weight is 278 g/mol. The van der Waals surface area contributed by atoms with Gasteiger partial charge in [0.25, 0.3) is 5.91 Å². The van der Waals surface area contributed by atoms with E-state index in [1.54, 1.807) is 13.1 Å². The highest BCUT2D eigenvalue weighted by molar-refractivity contribution is 5.91. The number of nitrogens with one attached hydrogen (secondary N) is 2. The Morgan fingerprint density at radius 1 is 1.40 bits per heavy atom. The lowest BCUT2D eigenvalue weighted by Crippen LogP contribution is -2.46. The van der Waals surface area contributed by atoms with Crippen molar-refractivity contribution >= 4 is 11.7 Å². The lowest BCUT2D eigenvalue weighted by Gasteiger charge is -2.29. The highest BCUT2D eigenvalue weighted by atomic mass is 16.1. The molecule has 0 radical (unpaired) electrons. The second-order valence-electron chi connectivity index (χ2n) is 4.87. The summed E-state index contributed by atoms with van der Waals surface area (Å²) in [6, 6.07) is 3.53. The zero-order valence-corrected chi connectivity index (χ0v) is 12.1. The molecule has 7 heteroatoms. The van der Waals surface area contributed by atoms with Crippen LogP contribution in [-0.2, 0) is 0 Å². The molecular formula is C13H22N6O. The summed E-state index contributed by atoms with van der Waals surface area (Å²) in [7, 11) is 3.57. The molecule has 0 unspecified atom stereocenters. The Balaban J connectivity index is 1.85. The molecule has 1 saturated heterocycles. The Hall–Kier alpha value is -1.73. The number of hydrogen-bond donors (Lipinski definition) is 2. The number of rotatable bonds is 5. The quantitative estimate of drug-likeness (QED) is 0.733. The van der Waals surface area contributed by atoms with Crippen LogP contribution >= 0.6 is 0 Å². The molecule has 1 aliphatic rings. The van der Waals surface area contributed by atoms with Gasteiger partial charge in [-0.25, -0.2) is 0 Å². The summed E-state index contributed by atoms with van der Waals surface area (Å²) in [6.07, 6.45) is 0. The highest BCUT2D eigenvalue weighted by Crippen LogP contribution is 2.07. The molecule has 0 bridgehead atoms. The van der Waals surface area contributed by atoms with E-state index >= 15 is 0 Å². The number of anilines is 1. The van der Waals surface area contributed by atoms with E-state index in [9.17, 15) is 4.79 Å². The Kier molecular flexibility index (Phi) is 5.25. The van der Waals surface area contributed by atoms with Crippen molar-refractivity contribution in [2.24, 2.45) is 0 Å². The molecule has 1 fully saturated rings. The van der Waals surface area contributed by atoms with Crippen molar-refractivity contribution in [3.63, 3.8) is 0 Å². The Morgan fingerprint density at radius 2 is 2.15 bits per heavy atom. The molecule has 1 aliphatic heterocycles. The summed E-state index contributed by atoms with van der Waals surface area (Å²) >= 11 is 0. The summed E-state index contributed by atoms with van der Waals surface area (Å²) in [4.78, 5) is 15.9. The third kappa shape index (κ3) is 3.88. The second kappa shape index (κ2) is 7.16. The van der Waals surface area contributed by atoms with Gasteiger partial charge in [-0.2, -0.15) is 0 Å². The van der Waals surface area contributed by atoms with Crippen LogP contribution in [0.15, 0.2) is 12.1 Å². The Bertz CT molecular complexity index is 429. The zero-order chi connectivity index (χ0) is 14.4. The summed E-state index contributed by atoms with van der Waals surface area (Å²) in [6.45, 7) is 6.21. The largest absolute Gasteiger partial charge is 0.357 e. The number of amides is 1. The van der Waals surface area contributed by atoms with E-state index < -0.39 is 0 Å². The Labute approximate surface area is 119 Å². The third-order valence-electron chi connectivity index (χ3n) is 3.46. The van der Waals surface area contributed by atoms with Crippen LogP contribution in [0.1, 0.15) is 10.5 Å². The molecule has 1 aromatic rings. The molecule has 0 aromatic carbocycles. The minimum Gasteiger partial charge on any atom is -0.357 e. The lowest BCUT2D eigenvalue weighted by atomic mass is 10.3. The molecule has 0 saturated carbocycles. The van der Waals surface area contributed by atoms with Crippen LogP contribution in [0.2, 0.25) is 0 Å². The predicted octanol–water partition coefficient (Wildman–Crippen LogP) is -0.822. The number of likely N-dealkylation sites (N-methyl/N-ethyl adjacent to an activating group) is 1. The molecule has 7 nitrogen and oxygen atoms in total. The topological polar surface area (TPSA) is 73.4 Å². The van der Waals surface area contributed by atoms with Crippen LogP contribution in [0.25, 0.3) is 0 Å². The molecule has 2 rings (SSSR count). The summed E-state index contributed by atoms with van der Waals surface area (Å²) < 4.78 is 0. The minimum atomic E-state index is -0.215. The maximum Gasteiger partial charge on any atom is 0.271 e. The van der Waals surface area contributed by atoms with Crippen LogP contribution in [0.3, 0.4) is 0 Å². The van der Waals surface area contributed by atoms with Crippen LogP contribution < -0.4 is 15.5 Å². The third-order valence-corrected chi connectivity index (χ3v) is 3.46. The van der Waals surface area contributed by atoms with Gasteiger partial charge in [0.15, 0.2) is 11.5 Å². The van der Waals surface area contributed by atoms with Gasteiger partial charge in [0.1, 0.15) is 0 Å². The predicted molar refractivity (Wildman–Crippen MR) is 78.0 cm³/mol. The first-order valence-corrected chi connectivity index (χ1v) is 6.90. The summed E-state index contributed by atoms with van der Waals surface area (Å²) in [5.74, 6) is 0.570. The SMILES string of the molecule is CNC(=O)c1ccc(N(C)CCN2CCNCC2)nn1. The highest BCUT2D eigenvalue weighted by Gasteiger charge is 2.12. The molecular weight excluding hydrogens is 256 g/mol. The van der Waals surface area contributed by atoms with Gasteiger partial charge in [0.2, 0.25) is 0 Å². The fourth-order valence-corrected chi connectivity index (χ4v) is 2.12. The lowest BCUT2D eigenvalue weighted by molar-refractivity contribution is 0.0957. The van der Waals surface area contributed by atoms with Crippen molar-refractivity contribution in [2.75, 3.05) is 58.3 Å². The van der Waals surface area contributed by atoms with E-state index in [0.29, 0.717) is 5.69 Å². The maximum atomic E-state index is 11.4. The van der Waals surface area contributed by atoms with Crippen molar-refractivity contribution in [3.8, 4) is 0 Å². The Morgan fingerprint density at radius 3 is 2.75 bits per heavy atom. The van der Waals surface area contributed by atoms with Crippen LogP contribution in [0.5, 0.6) is 0 Å². The van der Waals surface area contributed by atoms with Gasteiger partial charge in [-0.15, -0.1) is 10.2 Å². The van der Waals surface area contributed by atoms with Crippen molar-refractivity contribution in [1.29, 1.82) is 0 Å². The smallest absolute Gasteiger partial charge is 0.271 e. The second-order valence-corrected chi connectivity index (χ2v) is 4.87. The minimum absolute atomic E-state index is 0.215. The number of piperazine rings is 1. The molecule has 20 heavy (non-hydrogen) atoms. The van der Waals surface area contributed by atoms with Gasteiger partial charge in [-0.1, -0.05) is 0 Å². The van der Waals surface area contributed by atoms with Gasteiger partial charge in [-0.05, 0) is 12.1 Å². The number of hydrogen-bond acceptors (Lipinski definition) is 6. The molecule has 1 amide bonds. The van der Waals surface area contributed by atoms with Gasteiger partial charge in [0.05, 0.1) is 0 Å². The van der Waals surface area contributed by atoms with Crippen molar-refractivity contribution in [3.05, 3.63) is 17.8 Å². The van der Waals surface area contributed by atoms with E-state index in [0.717, 1.165) is 45.1 Å². The van der Waals surface area contributed by atoms with Crippen LogP contribution in [0, 0.1) is 0 Å². The molecule has 2 heterocycles. The molecule has 0 atom stereocenters. The maximum absolute atomic E-state index is 11.4.